The van der Waals surface area contributed by atoms with Gasteiger partial charge in [0.25, 0.3) is 0 Å². The topological polar surface area (TPSA) is 29.5 Å². The van der Waals surface area contributed by atoms with E-state index >= 15 is 0 Å². The van der Waals surface area contributed by atoms with Crippen molar-refractivity contribution in [2.75, 3.05) is 6.61 Å². The minimum atomic E-state index is -0.681. The second-order valence-corrected chi connectivity index (χ2v) is 6.22. The Morgan fingerprint density at radius 2 is 2.16 bits per heavy atom. The third kappa shape index (κ3) is 3.87. The summed E-state index contributed by atoms with van der Waals surface area (Å²) in [6.45, 7) is 4.80. The number of rotatable bonds is 6. The molecule has 1 atom stereocenters. The van der Waals surface area contributed by atoms with E-state index in [-0.39, 0.29) is 0 Å². The normalized spacial score (nSPS) is 16.8. The van der Waals surface area contributed by atoms with E-state index in [1.54, 1.807) is 0 Å². The zero-order valence-corrected chi connectivity index (χ0v) is 12.6. The van der Waals surface area contributed by atoms with Crippen LogP contribution in [0.3, 0.4) is 0 Å². The molecule has 1 aliphatic rings. The highest BCUT2D eigenvalue weighted by Crippen LogP contribution is 2.35. The fraction of sp³-hybridized carbons (Fsp3) is 0.625. The molecular formula is C16H23ClO2. The minimum absolute atomic E-state index is 0.611. The van der Waals surface area contributed by atoms with Crippen LogP contribution in [0.2, 0.25) is 5.02 Å². The predicted octanol–water partition coefficient (Wildman–Crippen LogP) is 4.15. The summed E-state index contributed by atoms with van der Waals surface area (Å²) in [5, 5.41) is 11.3. The second kappa shape index (κ2) is 6.15. The van der Waals surface area contributed by atoms with E-state index in [4.69, 9.17) is 16.3 Å². The van der Waals surface area contributed by atoms with Crippen LogP contribution >= 0.6 is 11.6 Å². The first-order valence-corrected chi connectivity index (χ1v) is 7.56. The third-order valence-corrected chi connectivity index (χ3v) is 3.93. The summed E-state index contributed by atoms with van der Waals surface area (Å²) in [6.07, 6.45) is 5.75. The summed E-state index contributed by atoms with van der Waals surface area (Å²) in [4.78, 5) is 0. The Labute approximate surface area is 120 Å². The Balaban J connectivity index is 2.10. The van der Waals surface area contributed by atoms with Crippen LogP contribution in [0.25, 0.3) is 0 Å². The van der Waals surface area contributed by atoms with Crippen LogP contribution < -0.4 is 4.74 Å². The largest absolute Gasteiger partial charge is 0.493 e. The maximum Gasteiger partial charge on any atom is 0.126 e. The molecule has 2 nitrogen and oxygen atoms in total. The highest BCUT2D eigenvalue weighted by molar-refractivity contribution is 6.30. The van der Waals surface area contributed by atoms with Crippen molar-refractivity contribution in [3.63, 3.8) is 0 Å². The van der Waals surface area contributed by atoms with E-state index in [0.29, 0.717) is 6.42 Å². The van der Waals surface area contributed by atoms with Gasteiger partial charge in [-0.25, -0.2) is 0 Å². The van der Waals surface area contributed by atoms with Gasteiger partial charge in [-0.1, -0.05) is 37.8 Å². The van der Waals surface area contributed by atoms with E-state index in [0.717, 1.165) is 42.2 Å². The molecule has 1 aromatic carbocycles. The Morgan fingerprint density at radius 1 is 1.37 bits per heavy atom. The van der Waals surface area contributed by atoms with Gasteiger partial charge < -0.3 is 9.84 Å². The molecule has 0 amide bonds. The molecule has 106 valence electrons. The zero-order valence-electron chi connectivity index (χ0n) is 11.8. The molecule has 0 aliphatic carbocycles. The average molecular weight is 283 g/mol. The molecule has 3 heteroatoms. The van der Waals surface area contributed by atoms with Gasteiger partial charge in [-0.2, -0.15) is 0 Å². The molecule has 0 saturated carbocycles. The van der Waals surface area contributed by atoms with Gasteiger partial charge in [0.15, 0.2) is 0 Å². The Hall–Kier alpha value is -0.730. The summed E-state index contributed by atoms with van der Waals surface area (Å²) < 4.78 is 5.69. The van der Waals surface area contributed by atoms with Crippen LogP contribution in [-0.4, -0.2) is 17.3 Å². The molecule has 0 aromatic heterocycles. The summed E-state index contributed by atoms with van der Waals surface area (Å²) in [7, 11) is 0. The van der Waals surface area contributed by atoms with Gasteiger partial charge in [-0.15, -0.1) is 0 Å². The SMILES string of the molecule is CCCCCC(C)(O)Cc1cc(Cl)cc2c1OCC2. The third-order valence-electron chi connectivity index (χ3n) is 3.72. The van der Waals surface area contributed by atoms with Crippen LogP contribution in [-0.2, 0) is 12.8 Å². The van der Waals surface area contributed by atoms with Gasteiger partial charge >= 0.3 is 0 Å². The minimum Gasteiger partial charge on any atom is -0.493 e. The standard InChI is InChI=1S/C16H23ClO2/c1-3-4-5-7-16(2,18)11-13-10-14(17)9-12-6-8-19-15(12)13/h9-10,18H,3-8,11H2,1-2H3. The monoisotopic (exact) mass is 282 g/mol. The number of hydrogen-bond donors (Lipinski definition) is 1. The quantitative estimate of drug-likeness (QED) is 0.794. The molecule has 1 unspecified atom stereocenters. The van der Waals surface area contributed by atoms with E-state index in [1.165, 1.54) is 18.4 Å². The van der Waals surface area contributed by atoms with Gasteiger partial charge in [-0.3, -0.25) is 0 Å². The molecule has 1 heterocycles. The Morgan fingerprint density at radius 3 is 2.89 bits per heavy atom. The zero-order chi connectivity index (χ0) is 13.9. The predicted molar refractivity (Wildman–Crippen MR) is 79.1 cm³/mol. The van der Waals surface area contributed by atoms with E-state index in [1.807, 2.05) is 19.1 Å². The fourth-order valence-corrected chi connectivity index (χ4v) is 3.00. The van der Waals surface area contributed by atoms with Crippen molar-refractivity contribution in [3.8, 4) is 5.75 Å². The van der Waals surface area contributed by atoms with Crippen molar-refractivity contribution in [3.05, 3.63) is 28.3 Å². The van der Waals surface area contributed by atoms with Gasteiger partial charge in [-0.05, 0) is 36.6 Å². The maximum atomic E-state index is 10.5. The first-order valence-electron chi connectivity index (χ1n) is 7.18. The molecule has 0 fully saturated rings. The van der Waals surface area contributed by atoms with Gasteiger partial charge in [0, 0.05) is 17.9 Å². The molecule has 0 spiro atoms. The van der Waals surface area contributed by atoms with E-state index < -0.39 is 5.60 Å². The highest BCUT2D eigenvalue weighted by Gasteiger charge is 2.25. The first kappa shape index (κ1) is 14.7. The van der Waals surface area contributed by atoms with Crippen LogP contribution in [0.5, 0.6) is 5.75 Å². The summed E-state index contributed by atoms with van der Waals surface area (Å²) in [5.41, 5.74) is 1.54. The molecular weight excluding hydrogens is 260 g/mol. The lowest BCUT2D eigenvalue weighted by molar-refractivity contribution is 0.0480. The lowest BCUT2D eigenvalue weighted by Crippen LogP contribution is -2.27. The number of hydrogen-bond acceptors (Lipinski definition) is 2. The van der Waals surface area contributed by atoms with Crippen molar-refractivity contribution >= 4 is 11.6 Å². The Kier molecular flexibility index (Phi) is 4.75. The van der Waals surface area contributed by atoms with Crippen molar-refractivity contribution in [1.82, 2.24) is 0 Å². The number of unbranched alkanes of at least 4 members (excludes halogenated alkanes) is 2. The summed E-state index contributed by atoms with van der Waals surface area (Å²) in [6, 6.07) is 3.90. The van der Waals surface area contributed by atoms with Crippen molar-refractivity contribution in [2.45, 2.75) is 58.0 Å². The molecule has 0 bridgehead atoms. The molecule has 19 heavy (non-hydrogen) atoms. The van der Waals surface area contributed by atoms with Crippen LogP contribution in [0.4, 0.5) is 0 Å². The number of benzene rings is 1. The van der Waals surface area contributed by atoms with Crippen LogP contribution in [0, 0.1) is 0 Å². The number of aliphatic hydroxyl groups is 1. The lowest BCUT2D eigenvalue weighted by atomic mass is 9.90. The lowest BCUT2D eigenvalue weighted by Gasteiger charge is -2.24. The first-order chi connectivity index (χ1) is 9.02. The fourth-order valence-electron chi connectivity index (χ4n) is 2.73. The van der Waals surface area contributed by atoms with Crippen molar-refractivity contribution in [2.24, 2.45) is 0 Å². The van der Waals surface area contributed by atoms with E-state index in [2.05, 4.69) is 6.92 Å². The number of fused-ring (bicyclic) bond motifs is 1. The van der Waals surface area contributed by atoms with Gasteiger partial charge in [0.2, 0.25) is 0 Å². The summed E-state index contributed by atoms with van der Waals surface area (Å²) >= 11 is 6.15. The van der Waals surface area contributed by atoms with Crippen molar-refractivity contribution in [1.29, 1.82) is 0 Å². The molecule has 1 aromatic rings. The molecule has 1 N–H and O–H groups in total. The average Bonchev–Trinajstić information content (AvgIpc) is 2.76. The van der Waals surface area contributed by atoms with Gasteiger partial charge in [0.05, 0.1) is 12.2 Å². The highest BCUT2D eigenvalue weighted by atomic mass is 35.5. The Bertz CT molecular complexity index is 441. The van der Waals surface area contributed by atoms with Crippen molar-refractivity contribution < 1.29 is 9.84 Å². The van der Waals surface area contributed by atoms with Gasteiger partial charge in [0.1, 0.15) is 5.75 Å². The number of ether oxygens (including phenoxy) is 1. The smallest absolute Gasteiger partial charge is 0.126 e. The maximum absolute atomic E-state index is 10.5. The molecule has 2 rings (SSSR count). The van der Waals surface area contributed by atoms with Crippen LogP contribution in [0.15, 0.2) is 12.1 Å². The molecule has 1 aliphatic heterocycles. The molecule has 0 radical (unpaired) electrons. The second-order valence-electron chi connectivity index (χ2n) is 5.78. The summed E-state index contributed by atoms with van der Waals surface area (Å²) in [5.74, 6) is 0.945. The number of halogens is 1. The molecule has 0 saturated heterocycles. The van der Waals surface area contributed by atoms with Crippen LogP contribution in [0.1, 0.15) is 50.7 Å². The van der Waals surface area contributed by atoms with E-state index in [9.17, 15) is 5.11 Å².